The molecule has 1 aromatic heterocycles. The van der Waals surface area contributed by atoms with Crippen molar-refractivity contribution < 1.29 is 18.3 Å². The molecule has 0 saturated heterocycles. The van der Waals surface area contributed by atoms with Crippen LogP contribution < -0.4 is 0 Å². The lowest BCUT2D eigenvalue weighted by molar-refractivity contribution is 0.0692. The summed E-state index contributed by atoms with van der Waals surface area (Å²) in [7, 11) is -3.83. The molecule has 0 bridgehead atoms. The van der Waals surface area contributed by atoms with Gasteiger partial charge in [-0.05, 0) is 12.8 Å². The summed E-state index contributed by atoms with van der Waals surface area (Å²) in [6, 6.07) is -0.0417. The van der Waals surface area contributed by atoms with Crippen LogP contribution in [0.1, 0.15) is 43.0 Å². The first-order chi connectivity index (χ1) is 8.98. The SMILES string of the molecule is CCN(C1CCCC1)S(=O)(=O)c1[nH]ncc1C(=O)O. The van der Waals surface area contributed by atoms with Crippen molar-refractivity contribution in [3.05, 3.63) is 11.8 Å². The normalized spacial score (nSPS) is 17.2. The van der Waals surface area contributed by atoms with Gasteiger partial charge in [0.15, 0.2) is 5.03 Å². The predicted molar refractivity (Wildman–Crippen MR) is 67.4 cm³/mol. The largest absolute Gasteiger partial charge is 0.478 e. The minimum absolute atomic E-state index is 0.0417. The molecule has 1 aromatic rings. The van der Waals surface area contributed by atoms with Gasteiger partial charge in [-0.15, -0.1) is 0 Å². The molecule has 0 amide bonds. The number of rotatable bonds is 5. The number of aromatic nitrogens is 2. The third kappa shape index (κ3) is 2.50. The van der Waals surface area contributed by atoms with Gasteiger partial charge in [0, 0.05) is 12.6 Å². The van der Waals surface area contributed by atoms with E-state index in [4.69, 9.17) is 5.11 Å². The number of nitrogens with zero attached hydrogens (tertiary/aromatic N) is 2. The van der Waals surface area contributed by atoms with Gasteiger partial charge in [-0.25, -0.2) is 13.2 Å². The summed E-state index contributed by atoms with van der Waals surface area (Å²) in [4.78, 5) is 11.0. The molecule has 1 fully saturated rings. The molecule has 2 rings (SSSR count). The Morgan fingerprint density at radius 3 is 2.68 bits per heavy atom. The van der Waals surface area contributed by atoms with Crippen LogP contribution in [0.15, 0.2) is 11.2 Å². The van der Waals surface area contributed by atoms with Crippen LogP contribution in [-0.2, 0) is 10.0 Å². The number of aromatic carboxylic acids is 1. The molecule has 8 heteroatoms. The number of hydrogen-bond acceptors (Lipinski definition) is 4. The zero-order valence-corrected chi connectivity index (χ0v) is 11.5. The summed E-state index contributed by atoms with van der Waals surface area (Å²) in [6.45, 7) is 2.08. The van der Waals surface area contributed by atoms with Crippen LogP contribution in [0.3, 0.4) is 0 Å². The lowest BCUT2D eigenvalue weighted by Gasteiger charge is -2.26. The summed E-state index contributed by atoms with van der Waals surface area (Å²) in [5.41, 5.74) is -0.309. The molecule has 0 atom stereocenters. The fraction of sp³-hybridized carbons (Fsp3) is 0.636. The van der Waals surface area contributed by atoms with Crippen molar-refractivity contribution in [2.45, 2.75) is 43.7 Å². The molecular weight excluding hydrogens is 270 g/mol. The summed E-state index contributed by atoms with van der Waals surface area (Å²) >= 11 is 0. The zero-order valence-electron chi connectivity index (χ0n) is 10.7. The third-order valence-electron chi connectivity index (χ3n) is 3.45. The van der Waals surface area contributed by atoms with Gasteiger partial charge < -0.3 is 5.11 Å². The molecule has 1 aliphatic rings. The molecule has 0 aromatic carbocycles. The lowest BCUT2D eigenvalue weighted by atomic mass is 10.2. The van der Waals surface area contributed by atoms with Crippen LogP contribution >= 0.6 is 0 Å². The summed E-state index contributed by atoms with van der Waals surface area (Å²) in [5.74, 6) is -1.30. The number of sulfonamides is 1. The standard InChI is InChI=1S/C11H17N3O4S/c1-2-14(8-5-3-4-6-8)19(17,18)10-9(11(15)16)7-12-13-10/h7-8H,2-6H2,1H3,(H,12,13)(H,15,16). The van der Waals surface area contributed by atoms with E-state index in [9.17, 15) is 13.2 Å². The number of carbonyl (C=O) groups is 1. The van der Waals surface area contributed by atoms with Gasteiger partial charge >= 0.3 is 5.97 Å². The van der Waals surface area contributed by atoms with E-state index in [-0.39, 0.29) is 16.6 Å². The highest BCUT2D eigenvalue weighted by atomic mass is 32.2. The van der Waals surface area contributed by atoms with Crippen molar-refractivity contribution in [3.8, 4) is 0 Å². The second kappa shape index (κ2) is 5.30. The van der Waals surface area contributed by atoms with Crippen molar-refractivity contribution in [2.24, 2.45) is 0 Å². The monoisotopic (exact) mass is 287 g/mol. The summed E-state index contributed by atoms with van der Waals surface area (Å²) in [5, 5.41) is 14.5. The van der Waals surface area contributed by atoms with E-state index in [1.807, 2.05) is 0 Å². The van der Waals surface area contributed by atoms with E-state index in [1.165, 1.54) is 4.31 Å². The minimum atomic E-state index is -3.83. The first-order valence-corrected chi connectivity index (χ1v) is 7.71. The van der Waals surface area contributed by atoms with Crippen LogP contribution in [0.25, 0.3) is 0 Å². The number of hydrogen-bond donors (Lipinski definition) is 2. The fourth-order valence-corrected chi connectivity index (χ4v) is 4.32. The van der Waals surface area contributed by atoms with Gasteiger partial charge in [0.2, 0.25) is 0 Å². The van der Waals surface area contributed by atoms with Crippen LogP contribution in [0.5, 0.6) is 0 Å². The molecule has 1 saturated carbocycles. The van der Waals surface area contributed by atoms with Gasteiger partial charge in [-0.2, -0.15) is 9.40 Å². The molecule has 0 radical (unpaired) electrons. The van der Waals surface area contributed by atoms with Crippen LogP contribution in [0.2, 0.25) is 0 Å². The smallest absolute Gasteiger partial charge is 0.340 e. The van der Waals surface area contributed by atoms with Crippen molar-refractivity contribution in [2.75, 3.05) is 6.54 Å². The topological polar surface area (TPSA) is 103 Å². The maximum atomic E-state index is 12.5. The predicted octanol–water partition coefficient (Wildman–Crippen LogP) is 1.06. The van der Waals surface area contributed by atoms with Crippen molar-refractivity contribution in [1.29, 1.82) is 0 Å². The van der Waals surface area contributed by atoms with Crippen molar-refractivity contribution >= 4 is 16.0 Å². The Kier molecular flexibility index (Phi) is 3.91. The van der Waals surface area contributed by atoms with Crippen LogP contribution in [0, 0.1) is 0 Å². The highest BCUT2D eigenvalue weighted by Gasteiger charge is 2.35. The first kappa shape index (κ1) is 14.0. The van der Waals surface area contributed by atoms with Crippen molar-refractivity contribution in [1.82, 2.24) is 14.5 Å². The molecule has 0 aliphatic heterocycles. The number of carboxylic acids is 1. The summed E-state index contributed by atoms with van der Waals surface area (Å²) in [6.07, 6.45) is 4.68. The van der Waals surface area contributed by atoms with Gasteiger partial charge in [-0.1, -0.05) is 19.8 Å². The molecule has 1 heterocycles. The van der Waals surface area contributed by atoms with Gasteiger partial charge in [0.05, 0.1) is 6.20 Å². The average molecular weight is 287 g/mol. The second-order valence-electron chi connectivity index (χ2n) is 4.56. The Balaban J connectivity index is 2.39. The molecule has 7 nitrogen and oxygen atoms in total. The molecule has 106 valence electrons. The Labute approximate surface area is 111 Å². The number of nitrogens with one attached hydrogen (secondary N) is 1. The Morgan fingerprint density at radius 1 is 1.53 bits per heavy atom. The highest BCUT2D eigenvalue weighted by molar-refractivity contribution is 7.89. The van der Waals surface area contributed by atoms with E-state index in [0.717, 1.165) is 31.9 Å². The van der Waals surface area contributed by atoms with E-state index in [0.29, 0.717) is 6.54 Å². The molecule has 0 spiro atoms. The summed E-state index contributed by atoms with van der Waals surface area (Å²) < 4.78 is 26.4. The maximum absolute atomic E-state index is 12.5. The molecule has 1 aliphatic carbocycles. The Morgan fingerprint density at radius 2 is 2.16 bits per heavy atom. The Bertz CT molecular complexity index is 560. The Hall–Kier alpha value is -1.41. The van der Waals surface area contributed by atoms with E-state index in [2.05, 4.69) is 10.2 Å². The van der Waals surface area contributed by atoms with E-state index in [1.54, 1.807) is 6.92 Å². The lowest BCUT2D eigenvalue weighted by Crippen LogP contribution is -2.39. The first-order valence-electron chi connectivity index (χ1n) is 6.27. The number of carboxylic acid groups (broad SMARTS) is 1. The zero-order chi connectivity index (χ0) is 14.0. The average Bonchev–Trinajstić information content (AvgIpc) is 3.00. The van der Waals surface area contributed by atoms with Gasteiger partial charge in [-0.3, -0.25) is 5.10 Å². The quantitative estimate of drug-likeness (QED) is 0.842. The van der Waals surface area contributed by atoms with Crippen LogP contribution in [-0.4, -0.2) is 46.6 Å². The van der Waals surface area contributed by atoms with Gasteiger partial charge in [0.25, 0.3) is 10.0 Å². The molecule has 2 N–H and O–H groups in total. The third-order valence-corrected chi connectivity index (χ3v) is 5.45. The number of H-pyrrole nitrogens is 1. The second-order valence-corrected chi connectivity index (χ2v) is 6.39. The molecule has 0 unspecified atom stereocenters. The van der Waals surface area contributed by atoms with Crippen LogP contribution in [0.4, 0.5) is 0 Å². The van der Waals surface area contributed by atoms with Gasteiger partial charge in [0.1, 0.15) is 5.56 Å². The molecule has 19 heavy (non-hydrogen) atoms. The fourth-order valence-electron chi connectivity index (χ4n) is 2.56. The van der Waals surface area contributed by atoms with E-state index >= 15 is 0 Å². The maximum Gasteiger partial charge on any atom is 0.340 e. The van der Waals surface area contributed by atoms with E-state index < -0.39 is 16.0 Å². The minimum Gasteiger partial charge on any atom is -0.478 e. The number of aromatic amines is 1. The highest BCUT2D eigenvalue weighted by Crippen LogP contribution is 2.28. The molecular formula is C11H17N3O4S. The van der Waals surface area contributed by atoms with Crippen molar-refractivity contribution in [3.63, 3.8) is 0 Å².